The Morgan fingerprint density at radius 2 is 2.19 bits per heavy atom. The minimum atomic E-state index is -0.786. The van der Waals surface area contributed by atoms with E-state index in [-0.39, 0.29) is 6.42 Å². The van der Waals surface area contributed by atoms with Gasteiger partial charge in [-0.15, -0.1) is 0 Å². The van der Waals surface area contributed by atoms with E-state index >= 15 is 0 Å². The highest BCUT2D eigenvalue weighted by molar-refractivity contribution is 5.67. The summed E-state index contributed by atoms with van der Waals surface area (Å²) in [4.78, 5) is 10.5. The van der Waals surface area contributed by atoms with Crippen LogP contribution in [0.3, 0.4) is 0 Å². The third kappa shape index (κ3) is 2.62. The first-order valence-corrected chi connectivity index (χ1v) is 5.92. The lowest BCUT2D eigenvalue weighted by Crippen LogP contribution is -2.06. The summed E-state index contributed by atoms with van der Waals surface area (Å²) in [7, 11) is 0. The molecule has 0 amide bonds. The molecule has 2 rings (SSSR count). The monoisotopic (exact) mass is 223 g/mol. The number of carboxylic acids is 1. The van der Waals surface area contributed by atoms with Gasteiger partial charge in [0.05, 0.1) is 12.6 Å². The van der Waals surface area contributed by atoms with Crippen molar-refractivity contribution in [2.75, 3.05) is 0 Å². The number of aliphatic carboxylic acids is 1. The highest BCUT2D eigenvalue weighted by Crippen LogP contribution is 2.34. The Hall–Kier alpha value is -1.32. The molecule has 0 aliphatic heterocycles. The standard InChI is InChI=1S/C12H17NO3/c14-12(15)7-6-11-10(8-13-16-11)9-4-2-1-3-5-9/h8-9H,1-7H2,(H,14,15). The predicted molar refractivity (Wildman–Crippen MR) is 58.3 cm³/mol. The van der Waals surface area contributed by atoms with Crippen molar-refractivity contribution in [1.82, 2.24) is 5.16 Å². The third-order valence-corrected chi connectivity index (χ3v) is 3.29. The van der Waals surface area contributed by atoms with Gasteiger partial charge in [0.15, 0.2) is 0 Å². The number of aryl methyl sites for hydroxylation is 1. The summed E-state index contributed by atoms with van der Waals surface area (Å²) in [6, 6.07) is 0. The van der Waals surface area contributed by atoms with Gasteiger partial charge in [-0.2, -0.15) is 0 Å². The Bertz CT molecular complexity index is 353. The summed E-state index contributed by atoms with van der Waals surface area (Å²) in [5.41, 5.74) is 1.14. The molecule has 88 valence electrons. The molecule has 1 aliphatic rings. The van der Waals surface area contributed by atoms with Gasteiger partial charge in [0.2, 0.25) is 0 Å². The van der Waals surface area contributed by atoms with Crippen molar-refractivity contribution < 1.29 is 14.4 Å². The van der Waals surface area contributed by atoms with Gasteiger partial charge in [-0.05, 0) is 18.8 Å². The smallest absolute Gasteiger partial charge is 0.303 e. The summed E-state index contributed by atoms with van der Waals surface area (Å²) in [6.45, 7) is 0. The van der Waals surface area contributed by atoms with Crippen LogP contribution in [0.5, 0.6) is 0 Å². The van der Waals surface area contributed by atoms with Gasteiger partial charge in [0.1, 0.15) is 5.76 Å². The van der Waals surface area contributed by atoms with Gasteiger partial charge in [-0.3, -0.25) is 4.79 Å². The second-order valence-electron chi connectivity index (χ2n) is 4.43. The van der Waals surface area contributed by atoms with Crippen LogP contribution in [0.25, 0.3) is 0 Å². The molecule has 0 unspecified atom stereocenters. The number of nitrogens with zero attached hydrogens (tertiary/aromatic N) is 1. The maximum atomic E-state index is 10.5. The van der Waals surface area contributed by atoms with Gasteiger partial charge >= 0.3 is 5.97 Å². The maximum absolute atomic E-state index is 10.5. The number of carboxylic acid groups (broad SMARTS) is 1. The quantitative estimate of drug-likeness (QED) is 0.852. The van der Waals surface area contributed by atoms with E-state index in [0.717, 1.165) is 11.3 Å². The fourth-order valence-electron chi connectivity index (χ4n) is 2.43. The lowest BCUT2D eigenvalue weighted by molar-refractivity contribution is -0.137. The van der Waals surface area contributed by atoms with E-state index < -0.39 is 5.97 Å². The predicted octanol–water partition coefficient (Wildman–Crippen LogP) is 2.74. The molecular formula is C12H17NO3. The van der Waals surface area contributed by atoms with Crippen molar-refractivity contribution in [1.29, 1.82) is 0 Å². The Morgan fingerprint density at radius 3 is 2.88 bits per heavy atom. The van der Waals surface area contributed by atoms with Crippen molar-refractivity contribution in [2.45, 2.75) is 50.9 Å². The van der Waals surface area contributed by atoms with E-state index in [1.165, 1.54) is 32.1 Å². The lowest BCUT2D eigenvalue weighted by Gasteiger charge is -2.20. The van der Waals surface area contributed by atoms with Crippen molar-refractivity contribution in [3.8, 4) is 0 Å². The average Bonchev–Trinajstić information content (AvgIpc) is 2.75. The van der Waals surface area contributed by atoms with Crippen LogP contribution in [0.15, 0.2) is 10.7 Å². The summed E-state index contributed by atoms with van der Waals surface area (Å²) in [5.74, 6) is 0.518. The van der Waals surface area contributed by atoms with Gasteiger partial charge in [-0.25, -0.2) is 0 Å². The molecule has 1 saturated carbocycles. The molecule has 4 heteroatoms. The second kappa shape index (κ2) is 5.14. The Balaban J connectivity index is 2.02. The molecule has 1 N–H and O–H groups in total. The van der Waals surface area contributed by atoms with Gasteiger partial charge in [0, 0.05) is 12.0 Å². The molecule has 0 radical (unpaired) electrons. The molecule has 4 nitrogen and oxygen atoms in total. The maximum Gasteiger partial charge on any atom is 0.303 e. The Kier molecular flexibility index (Phi) is 3.59. The molecule has 1 aromatic heterocycles. The van der Waals surface area contributed by atoms with Crippen molar-refractivity contribution in [3.63, 3.8) is 0 Å². The first-order chi connectivity index (χ1) is 7.77. The third-order valence-electron chi connectivity index (χ3n) is 3.29. The first kappa shape index (κ1) is 11.2. The molecule has 1 heterocycles. The van der Waals surface area contributed by atoms with Crippen molar-refractivity contribution in [3.05, 3.63) is 17.5 Å². The van der Waals surface area contributed by atoms with Crippen LogP contribution in [0.4, 0.5) is 0 Å². The molecule has 16 heavy (non-hydrogen) atoms. The molecule has 0 spiro atoms. The molecular weight excluding hydrogens is 206 g/mol. The zero-order chi connectivity index (χ0) is 11.4. The molecule has 1 fully saturated rings. The van der Waals surface area contributed by atoms with E-state index in [0.29, 0.717) is 12.3 Å². The van der Waals surface area contributed by atoms with E-state index in [1.54, 1.807) is 6.20 Å². The van der Waals surface area contributed by atoms with Crippen LogP contribution in [0.1, 0.15) is 55.8 Å². The molecule has 0 bridgehead atoms. The van der Waals surface area contributed by atoms with Crippen LogP contribution in [-0.4, -0.2) is 16.2 Å². The van der Waals surface area contributed by atoms with E-state index in [9.17, 15) is 4.79 Å². The van der Waals surface area contributed by atoms with Gasteiger partial charge in [-0.1, -0.05) is 24.4 Å². The largest absolute Gasteiger partial charge is 0.481 e. The van der Waals surface area contributed by atoms with E-state index in [1.807, 2.05) is 0 Å². The lowest BCUT2D eigenvalue weighted by atomic mass is 9.84. The molecule has 1 aromatic rings. The normalized spacial score (nSPS) is 17.5. The first-order valence-electron chi connectivity index (χ1n) is 5.92. The minimum absolute atomic E-state index is 0.120. The summed E-state index contributed by atoms with van der Waals surface area (Å²) in [5, 5.41) is 12.5. The van der Waals surface area contributed by atoms with Gasteiger partial charge in [0.25, 0.3) is 0 Å². The second-order valence-corrected chi connectivity index (χ2v) is 4.43. The number of hydrogen-bond donors (Lipinski definition) is 1. The molecule has 0 aromatic carbocycles. The zero-order valence-corrected chi connectivity index (χ0v) is 9.32. The molecule has 0 atom stereocenters. The van der Waals surface area contributed by atoms with Crippen molar-refractivity contribution in [2.24, 2.45) is 0 Å². The zero-order valence-electron chi connectivity index (χ0n) is 9.32. The number of rotatable bonds is 4. The number of aromatic nitrogens is 1. The van der Waals surface area contributed by atoms with Crippen LogP contribution in [0.2, 0.25) is 0 Å². The van der Waals surface area contributed by atoms with Crippen LogP contribution >= 0.6 is 0 Å². The Labute approximate surface area is 94.6 Å². The van der Waals surface area contributed by atoms with Crippen LogP contribution in [-0.2, 0) is 11.2 Å². The molecule has 1 aliphatic carbocycles. The fraction of sp³-hybridized carbons (Fsp3) is 0.667. The SMILES string of the molecule is O=C(O)CCc1oncc1C1CCCCC1. The average molecular weight is 223 g/mol. The van der Waals surface area contributed by atoms with Crippen LogP contribution < -0.4 is 0 Å². The summed E-state index contributed by atoms with van der Waals surface area (Å²) < 4.78 is 5.15. The highest BCUT2D eigenvalue weighted by atomic mass is 16.5. The van der Waals surface area contributed by atoms with Crippen molar-refractivity contribution >= 4 is 5.97 Å². The number of carbonyl (C=O) groups is 1. The van der Waals surface area contributed by atoms with Crippen LogP contribution in [0, 0.1) is 0 Å². The highest BCUT2D eigenvalue weighted by Gasteiger charge is 2.21. The van der Waals surface area contributed by atoms with E-state index in [4.69, 9.17) is 9.63 Å². The topological polar surface area (TPSA) is 63.3 Å². The molecule has 0 saturated heterocycles. The minimum Gasteiger partial charge on any atom is -0.481 e. The number of hydrogen-bond acceptors (Lipinski definition) is 3. The summed E-state index contributed by atoms with van der Waals surface area (Å²) >= 11 is 0. The summed E-state index contributed by atoms with van der Waals surface area (Å²) in [6.07, 6.45) is 8.54. The van der Waals surface area contributed by atoms with Gasteiger partial charge < -0.3 is 9.63 Å². The Morgan fingerprint density at radius 1 is 1.44 bits per heavy atom. The van der Waals surface area contributed by atoms with E-state index in [2.05, 4.69) is 5.16 Å². The fourth-order valence-corrected chi connectivity index (χ4v) is 2.43.